The molecule has 8 nitrogen and oxygen atoms in total. The number of ether oxygens (including phenoxy) is 3. The van der Waals surface area contributed by atoms with Gasteiger partial charge in [-0.15, -0.1) is 0 Å². The molecule has 1 atom stereocenters. The van der Waals surface area contributed by atoms with Gasteiger partial charge in [-0.25, -0.2) is 0 Å². The van der Waals surface area contributed by atoms with Crippen molar-refractivity contribution in [1.29, 1.82) is 0 Å². The molecule has 0 aliphatic carbocycles. The lowest BCUT2D eigenvalue weighted by molar-refractivity contribution is 0.0723. The Balaban J connectivity index is 1.58. The van der Waals surface area contributed by atoms with Gasteiger partial charge in [-0.1, -0.05) is 42.5 Å². The summed E-state index contributed by atoms with van der Waals surface area (Å²) in [6, 6.07) is 19.2. The van der Waals surface area contributed by atoms with Gasteiger partial charge in [-0.05, 0) is 67.6 Å². The average Bonchev–Trinajstić information content (AvgIpc) is 3.49. The lowest BCUT2D eigenvalue weighted by atomic mass is 9.94. The SMILES string of the molecule is CCOc1cc(C2c3c(-c4cc(C)cc(C)c4O)n[nH]c3C(=O)N2CCCOC)ccc1OCc1ccccc1. The lowest BCUT2D eigenvalue weighted by Gasteiger charge is -2.27. The summed E-state index contributed by atoms with van der Waals surface area (Å²) in [7, 11) is 1.65. The molecule has 0 spiro atoms. The van der Waals surface area contributed by atoms with Crippen LogP contribution in [0.25, 0.3) is 11.3 Å². The van der Waals surface area contributed by atoms with Gasteiger partial charge >= 0.3 is 0 Å². The largest absolute Gasteiger partial charge is 0.507 e. The summed E-state index contributed by atoms with van der Waals surface area (Å²) >= 11 is 0. The van der Waals surface area contributed by atoms with E-state index in [0.29, 0.717) is 61.2 Å². The maximum absolute atomic E-state index is 13.7. The number of amides is 1. The number of nitrogens with zero attached hydrogens (tertiary/aromatic N) is 2. The number of aromatic amines is 1. The Hall–Kier alpha value is -4.30. The number of phenolic OH excluding ortho intramolecular Hbond substituents is 1. The minimum Gasteiger partial charge on any atom is -0.507 e. The molecule has 40 heavy (non-hydrogen) atoms. The number of benzene rings is 3. The number of carbonyl (C=O) groups excluding carboxylic acids is 1. The fourth-order valence-electron chi connectivity index (χ4n) is 5.32. The molecule has 1 amide bonds. The van der Waals surface area contributed by atoms with Gasteiger partial charge < -0.3 is 24.2 Å². The zero-order chi connectivity index (χ0) is 28.2. The Labute approximate surface area is 234 Å². The zero-order valence-corrected chi connectivity index (χ0v) is 23.4. The van der Waals surface area contributed by atoms with E-state index in [4.69, 9.17) is 14.2 Å². The Morgan fingerprint density at radius 2 is 1.82 bits per heavy atom. The first-order chi connectivity index (χ1) is 19.4. The highest BCUT2D eigenvalue weighted by atomic mass is 16.5. The molecule has 1 aliphatic rings. The summed E-state index contributed by atoms with van der Waals surface area (Å²) in [5.74, 6) is 1.25. The number of hydrogen-bond donors (Lipinski definition) is 2. The van der Waals surface area contributed by atoms with Crippen LogP contribution in [0.3, 0.4) is 0 Å². The summed E-state index contributed by atoms with van der Waals surface area (Å²) in [6.07, 6.45) is 0.678. The average molecular weight is 542 g/mol. The Morgan fingerprint density at radius 1 is 1.02 bits per heavy atom. The van der Waals surface area contributed by atoms with Crippen molar-refractivity contribution in [2.24, 2.45) is 0 Å². The van der Waals surface area contributed by atoms with Crippen molar-refractivity contribution in [3.8, 4) is 28.5 Å². The molecule has 8 heteroatoms. The van der Waals surface area contributed by atoms with Crippen LogP contribution in [0.1, 0.15) is 57.7 Å². The van der Waals surface area contributed by atoms with Gasteiger partial charge in [0.25, 0.3) is 5.91 Å². The second-order valence-electron chi connectivity index (χ2n) is 10.00. The maximum Gasteiger partial charge on any atom is 0.273 e. The summed E-state index contributed by atoms with van der Waals surface area (Å²) in [6.45, 7) is 7.67. The van der Waals surface area contributed by atoms with Gasteiger partial charge in [0.1, 0.15) is 23.7 Å². The number of H-pyrrole nitrogens is 1. The van der Waals surface area contributed by atoms with E-state index in [1.807, 2.05) is 86.3 Å². The summed E-state index contributed by atoms with van der Waals surface area (Å²) in [4.78, 5) is 15.5. The molecule has 1 aromatic heterocycles. The normalized spacial score (nSPS) is 14.4. The molecule has 0 fully saturated rings. The minimum atomic E-state index is -0.435. The predicted molar refractivity (Wildman–Crippen MR) is 153 cm³/mol. The lowest BCUT2D eigenvalue weighted by Crippen LogP contribution is -2.31. The molecule has 0 radical (unpaired) electrons. The summed E-state index contributed by atoms with van der Waals surface area (Å²) < 4.78 is 17.4. The molecule has 4 aromatic rings. The van der Waals surface area contributed by atoms with Crippen LogP contribution in [0.2, 0.25) is 0 Å². The van der Waals surface area contributed by atoms with E-state index in [2.05, 4.69) is 10.2 Å². The van der Waals surface area contributed by atoms with Crippen LogP contribution < -0.4 is 9.47 Å². The third-order valence-corrected chi connectivity index (χ3v) is 7.13. The Morgan fingerprint density at radius 3 is 2.58 bits per heavy atom. The number of aryl methyl sites for hydroxylation is 2. The van der Waals surface area contributed by atoms with E-state index in [0.717, 1.165) is 27.8 Å². The molecule has 208 valence electrons. The number of aromatic hydroxyl groups is 1. The summed E-state index contributed by atoms with van der Waals surface area (Å²) in [5.41, 5.74) is 6.00. The van der Waals surface area contributed by atoms with Crippen molar-refractivity contribution in [3.63, 3.8) is 0 Å². The third-order valence-electron chi connectivity index (χ3n) is 7.13. The second kappa shape index (κ2) is 11.8. The first kappa shape index (κ1) is 27.3. The second-order valence-corrected chi connectivity index (χ2v) is 10.00. The number of methoxy groups -OCH3 is 1. The summed E-state index contributed by atoms with van der Waals surface area (Å²) in [5, 5.41) is 18.5. The fourth-order valence-corrected chi connectivity index (χ4v) is 5.32. The Kier molecular flexibility index (Phi) is 8.07. The third kappa shape index (κ3) is 5.27. The Bertz CT molecular complexity index is 1500. The van der Waals surface area contributed by atoms with E-state index >= 15 is 0 Å². The standard InChI is InChI=1S/C32H35N3O5/c1-5-39-26-18-23(12-13-25(26)40-19-22-10-7-6-8-11-22)30-27-28(24-17-20(2)16-21(3)31(24)36)33-34-29(27)32(37)35(30)14-9-15-38-4/h6-8,10-13,16-18,30,36H,5,9,14-15,19H2,1-4H3,(H,33,34). The number of rotatable bonds is 11. The van der Waals surface area contributed by atoms with Crippen LogP contribution in [-0.2, 0) is 11.3 Å². The number of nitrogens with one attached hydrogen (secondary N) is 1. The van der Waals surface area contributed by atoms with Crippen LogP contribution in [0.4, 0.5) is 0 Å². The van der Waals surface area contributed by atoms with Crippen molar-refractivity contribution < 1.29 is 24.1 Å². The van der Waals surface area contributed by atoms with Crippen LogP contribution in [-0.4, -0.2) is 53.0 Å². The van der Waals surface area contributed by atoms with Gasteiger partial charge in [0.15, 0.2) is 11.5 Å². The topological polar surface area (TPSA) is 96.9 Å². The van der Waals surface area contributed by atoms with Crippen molar-refractivity contribution in [3.05, 3.63) is 94.2 Å². The highest BCUT2D eigenvalue weighted by molar-refractivity contribution is 6.00. The van der Waals surface area contributed by atoms with Gasteiger partial charge in [0.05, 0.1) is 12.6 Å². The molecule has 1 unspecified atom stereocenters. The van der Waals surface area contributed by atoms with Crippen LogP contribution >= 0.6 is 0 Å². The van der Waals surface area contributed by atoms with E-state index in [1.165, 1.54) is 0 Å². The van der Waals surface area contributed by atoms with Crippen molar-refractivity contribution >= 4 is 5.91 Å². The van der Waals surface area contributed by atoms with E-state index in [-0.39, 0.29) is 11.7 Å². The number of aromatic nitrogens is 2. The monoisotopic (exact) mass is 541 g/mol. The molecule has 3 aromatic carbocycles. The van der Waals surface area contributed by atoms with Crippen molar-refractivity contribution in [1.82, 2.24) is 15.1 Å². The highest BCUT2D eigenvalue weighted by Gasteiger charge is 2.42. The molecule has 2 heterocycles. The van der Waals surface area contributed by atoms with Crippen LogP contribution in [0.5, 0.6) is 17.2 Å². The number of phenols is 1. The molecule has 2 N–H and O–H groups in total. The van der Waals surface area contributed by atoms with E-state index in [1.54, 1.807) is 7.11 Å². The fraction of sp³-hybridized carbons (Fsp3) is 0.312. The van der Waals surface area contributed by atoms with E-state index in [9.17, 15) is 9.90 Å². The number of fused-ring (bicyclic) bond motifs is 1. The van der Waals surface area contributed by atoms with E-state index < -0.39 is 6.04 Å². The van der Waals surface area contributed by atoms with Crippen LogP contribution in [0, 0.1) is 13.8 Å². The van der Waals surface area contributed by atoms with Crippen molar-refractivity contribution in [2.75, 3.05) is 26.9 Å². The molecule has 1 aliphatic heterocycles. The first-order valence-electron chi connectivity index (χ1n) is 13.5. The molecule has 0 bridgehead atoms. The quantitative estimate of drug-likeness (QED) is 0.228. The van der Waals surface area contributed by atoms with Crippen LogP contribution in [0.15, 0.2) is 60.7 Å². The van der Waals surface area contributed by atoms with Gasteiger partial charge in [0.2, 0.25) is 0 Å². The number of carbonyl (C=O) groups is 1. The predicted octanol–water partition coefficient (Wildman–Crippen LogP) is 5.96. The molecular weight excluding hydrogens is 506 g/mol. The molecular formula is C32H35N3O5. The zero-order valence-electron chi connectivity index (χ0n) is 23.4. The van der Waals surface area contributed by atoms with Gasteiger partial charge in [-0.2, -0.15) is 5.10 Å². The molecule has 0 saturated heterocycles. The first-order valence-corrected chi connectivity index (χ1v) is 13.5. The molecule has 0 saturated carbocycles. The smallest absolute Gasteiger partial charge is 0.273 e. The maximum atomic E-state index is 13.7. The highest BCUT2D eigenvalue weighted by Crippen LogP contribution is 2.46. The van der Waals surface area contributed by atoms with Gasteiger partial charge in [0, 0.05) is 31.4 Å². The molecule has 5 rings (SSSR count). The van der Waals surface area contributed by atoms with Gasteiger partial charge in [-0.3, -0.25) is 9.89 Å². The minimum absolute atomic E-state index is 0.138. The van der Waals surface area contributed by atoms with Crippen molar-refractivity contribution in [2.45, 2.75) is 39.8 Å². The number of hydrogen-bond acceptors (Lipinski definition) is 6.